The summed E-state index contributed by atoms with van der Waals surface area (Å²) in [6.07, 6.45) is 4.79. The van der Waals surface area contributed by atoms with Crippen molar-refractivity contribution in [3.63, 3.8) is 0 Å². The van der Waals surface area contributed by atoms with Crippen molar-refractivity contribution in [2.24, 2.45) is 7.05 Å². The largest absolute Gasteiger partial charge is 0.381 e. The van der Waals surface area contributed by atoms with Crippen LogP contribution in [0.2, 0.25) is 5.02 Å². The molecule has 2 aromatic carbocycles. The van der Waals surface area contributed by atoms with Crippen LogP contribution in [-0.4, -0.2) is 54.6 Å². The Balaban J connectivity index is 1.16. The normalized spacial score (nSPS) is 13.8. The molecule has 42 heavy (non-hydrogen) atoms. The molecule has 0 spiro atoms. The highest BCUT2D eigenvalue weighted by Gasteiger charge is 2.27. The molecular formula is C30H30ClN9O2. The van der Waals surface area contributed by atoms with Gasteiger partial charge in [0, 0.05) is 48.5 Å². The third kappa shape index (κ3) is 5.14. The molecule has 0 aliphatic carbocycles. The second kappa shape index (κ2) is 11.2. The molecule has 1 aliphatic heterocycles. The smallest absolute Gasteiger partial charge is 0.284 e. The van der Waals surface area contributed by atoms with Gasteiger partial charge in [0.15, 0.2) is 11.6 Å². The molecule has 6 rings (SSSR count). The first-order valence-electron chi connectivity index (χ1n) is 13.6. The van der Waals surface area contributed by atoms with E-state index in [2.05, 4.69) is 25.4 Å². The van der Waals surface area contributed by atoms with Gasteiger partial charge in [-0.2, -0.15) is 5.10 Å². The number of piperidine rings is 1. The Hall–Kier alpha value is -4.90. The average molecular weight is 584 g/mol. The summed E-state index contributed by atoms with van der Waals surface area (Å²) < 4.78 is 3.13. The van der Waals surface area contributed by atoms with Crippen molar-refractivity contribution in [2.45, 2.75) is 25.8 Å². The van der Waals surface area contributed by atoms with E-state index in [0.29, 0.717) is 59.7 Å². The fraction of sp³-hybridized carbons (Fsp3) is 0.233. The summed E-state index contributed by atoms with van der Waals surface area (Å²) >= 11 is 6.14. The Kier molecular flexibility index (Phi) is 7.26. The molecule has 214 valence electrons. The fourth-order valence-corrected chi connectivity index (χ4v) is 5.57. The summed E-state index contributed by atoms with van der Waals surface area (Å²) in [5.41, 5.74) is 10.6. The summed E-state index contributed by atoms with van der Waals surface area (Å²) in [5.74, 6) is 0.586. The molecule has 0 unspecified atom stereocenters. The first kappa shape index (κ1) is 27.3. The number of nitrogens with zero attached hydrogens (tertiary/aromatic N) is 6. The molecule has 12 heteroatoms. The Bertz CT molecular complexity index is 1820. The fourth-order valence-electron chi connectivity index (χ4n) is 5.38. The van der Waals surface area contributed by atoms with Crippen LogP contribution in [0.1, 0.15) is 28.9 Å². The van der Waals surface area contributed by atoms with Crippen molar-refractivity contribution in [3.05, 3.63) is 93.6 Å². The summed E-state index contributed by atoms with van der Waals surface area (Å²) in [5, 5.41) is 10.7. The number of carbonyl (C=O) groups is 1. The van der Waals surface area contributed by atoms with Crippen molar-refractivity contribution in [1.82, 2.24) is 34.8 Å². The van der Waals surface area contributed by atoms with E-state index < -0.39 is 0 Å². The van der Waals surface area contributed by atoms with Gasteiger partial charge in [-0.05, 0) is 50.1 Å². The predicted molar refractivity (Wildman–Crippen MR) is 163 cm³/mol. The zero-order valence-corrected chi connectivity index (χ0v) is 24.0. The number of aromatic amines is 1. The number of halogens is 1. The van der Waals surface area contributed by atoms with Crippen molar-refractivity contribution >= 4 is 29.1 Å². The van der Waals surface area contributed by atoms with Crippen LogP contribution in [0.5, 0.6) is 0 Å². The van der Waals surface area contributed by atoms with Crippen molar-refractivity contribution in [1.29, 1.82) is 0 Å². The monoisotopic (exact) mass is 583 g/mol. The van der Waals surface area contributed by atoms with Gasteiger partial charge in [-0.15, -0.1) is 0 Å². The molecule has 1 saturated heterocycles. The molecule has 1 aliphatic rings. The van der Waals surface area contributed by atoms with Crippen LogP contribution in [0, 0.1) is 6.92 Å². The van der Waals surface area contributed by atoms with E-state index in [1.807, 2.05) is 30.3 Å². The Labute approximate surface area is 247 Å². The van der Waals surface area contributed by atoms with Gasteiger partial charge < -0.3 is 16.0 Å². The standard InChI is InChI=1S/C30H30ClN9O2/c1-18-26(30(42)40(38(18)2)23-8-4-7-21(31)16-23)29(41)35-22-10-13-39(14-11-22)28-27(32)33-17-25(36-28)20-6-3-5-19(15-20)24-9-12-34-37-24/h3-9,12,15-17,22H,10-11,13-14H2,1-2H3,(H2,32,33)(H,34,37)(H,35,41). The second-order valence-corrected chi connectivity index (χ2v) is 10.8. The molecule has 11 nitrogen and oxygen atoms in total. The zero-order valence-electron chi connectivity index (χ0n) is 23.2. The number of nitrogen functional groups attached to an aromatic ring is 1. The lowest BCUT2D eigenvalue weighted by molar-refractivity contribution is 0.0929. The van der Waals surface area contributed by atoms with Gasteiger partial charge in [-0.25, -0.2) is 14.6 Å². The van der Waals surface area contributed by atoms with Crippen LogP contribution in [0.3, 0.4) is 0 Å². The van der Waals surface area contributed by atoms with Crippen LogP contribution >= 0.6 is 11.6 Å². The van der Waals surface area contributed by atoms with Gasteiger partial charge in [0.1, 0.15) is 5.56 Å². The molecule has 1 amide bonds. The number of carbonyl (C=O) groups excluding carboxylic acids is 1. The van der Waals surface area contributed by atoms with Crippen LogP contribution in [0.15, 0.2) is 71.8 Å². The molecule has 5 aromatic rings. The lowest BCUT2D eigenvalue weighted by Gasteiger charge is -2.33. The van der Waals surface area contributed by atoms with E-state index in [1.54, 1.807) is 55.3 Å². The van der Waals surface area contributed by atoms with E-state index in [1.165, 1.54) is 4.68 Å². The molecule has 0 atom stereocenters. The van der Waals surface area contributed by atoms with Gasteiger partial charge in [-0.1, -0.05) is 35.9 Å². The van der Waals surface area contributed by atoms with Gasteiger partial charge >= 0.3 is 0 Å². The second-order valence-electron chi connectivity index (χ2n) is 10.3. The zero-order chi connectivity index (χ0) is 29.4. The Morgan fingerprint density at radius 2 is 1.81 bits per heavy atom. The van der Waals surface area contributed by atoms with Crippen molar-refractivity contribution in [2.75, 3.05) is 23.7 Å². The molecule has 0 radical (unpaired) electrons. The predicted octanol–water partition coefficient (Wildman–Crippen LogP) is 3.97. The summed E-state index contributed by atoms with van der Waals surface area (Å²) in [6.45, 7) is 3.01. The molecule has 4 heterocycles. The quantitative estimate of drug-likeness (QED) is 0.275. The number of H-pyrrole nitrogens is 1. The number of nitrogens with one attached hydrogen (secondary N) is 2. The number of amides is 1. The third-order valence-electron chi connectivity index (χ3n) is 7.70. The topological polar surface area (TPSA) is 140 Å². The first-order chi connectivity index (χ1) is 20.3. The Morgan fingerprint density at radius 1 is 1.07 bits per heavy atom. The van der Waals surface area contributed by atoms with E-state index in [4.69, 9.17) is 22.3 Å². The highest BCUT2D eigenvalue weighted by atomic mass is 35.5. The van der Waals surface area contributed by atoms with E-state index in [-0.39, 0.29) is 23.1 Å². The minimum Gasteiger partial charge on any atom is -0.381 e. The maximum absolute atomic E-state index is 13.3. The van der Waals surface area contributed by atoms with Crippen LogP contribution in [0.25, 0.3) is 28.2 Å². The number of nitrogens with two attached hydrogens (primary N) is 1. The van der Waals surface area contributed by atoms with Gasteiger partial charge in [0.25, 0.3) is 11.5 Å². The SMILES string of the molecule is Cc1c(C(=O)NC2CCN(c3nc(-c4cccc(-c5cc[nH]n5)c4)cnc3N)CC2)c(=O)n(-c2cccc(Cl)c2)n1C. The van der Waals surface area contributed by atoms with Crippen LogP contribution in [0.4, 0.5) is 11.6 Å². The van der Waals surface area contributed by atoms with Crippen molar-refractivity contribution < 1.29 is 4.79 Å². The molecule has 0 saturated carbocycles. The van der Waals surface area contributed by atoms with E-state index in [9.17, 15) is 9.59 Å². The van der Waals surface area contributed by atoms with Gasteiger partial charge in [0.2, 0.25) is 0 Å². The highest BCUT2D eigenvalue weighted by molar-refractivity contribution is 6.30. The number of rotatable bonds is 6. The van der Waals surface area contributed by atoms with Crippen LogP contribution < -0.4 is 21.5 Å². The highest BCUT2D eigenvalue weighted by Crippen LogP contribution is 2.29. The number of anilines is 2. The number of aromatic nitrogens is 6. The number of benzene rings is 2. The van der Waals surface area contributed by atoms with E-state index in [0.717, 1.165) is 16.8 Å². The molecule has 0 bridgehead atoms. The molecule has 3 aromatic heterocycles. The lowest BCUT2D eigenvalue weighted by Crippen LogP contribution is -2.46. The Morgan fingerprint density at radius 3 is 2.52 bits per heavy atom. The van der Waals surface area contributed by atoms with Crippen LogP contribution in [-0.2, 0) is 7.05 Å². The maximum Gasteiger partial charge on any atom is 0.284 e. The third-order valence-corrected chi connectivity index (χ3v) is 7.93. The molecular weight excluding hydrogens is 554 g/mol. The first-order valence-corrected chi connectivity index (χ1v) is 14.0. The molecule has 4 N–H and O–H groups in total. The number of hydrogen-bond donors (Lipinski definition) is 3. The average Bonchev–Trinajstić information content (AvgIpc) is 3.60. The minimum absolute atomic E-state index is 0.102. The maximum atomic E-state index is 13.3. The van der Waals surface area contributed by atoms with Gasteiger partial charge in [0.05, 0.1) is 29.0 Å². The summed E-state index contributed by atoms with van der Waals surface area (Å²) in [6, 6.07) is 16.8. The van der Waals surface area contributed by atoms with Gasteiger partial charge in [-0.3, -0.25) is 19.4 Å². The summed E-state index contributed by atoms with van der Waals surface area (Å²) in [4.78, 5) is 38.0. The molecule has 1 fully saturated rings. The van der Waals surface area contributed by atoms with E-state index >= 15 is 0 Å². The minimum atomic E-state index is -0.386. The van der Waals surface area contributed by atoms with Crippen molar-refractivity contribution in [3.8, 4) is 28.2 Å². The number of hydrogen-bond acceptors (Lipinski definition) is 7. The lowest BCUT2D eigenvalue weighted by atomic mass is 10.0. The summed E-state index contributed by atoms with van der Waals surface area (Å²) in [7, 11) is 1.75.